The van der Waals surface area contributed by atoms with Crippen LogP contribution < -0.4 is 5.32 Å². The van der Waals surface area contributed by atoms with Gasteiger partial charge in [0.25, 0.3) is 0 Å². The molecule has 1 rings (SSSR count). The average molecular weight is 373 g/mol. The molecule has 1 aromatic rings. The van der Waals surface area contributed by atoms with Crippen LogP contribution in [0.2, 0.25) is 0 Å². The Bertz CT molecular complexity index is 648. The van der Waals surface area contributed by atoms with E-state index in [-0.39, 0.29) is 24.7 Å². The quantitative estimate of drug-likeness (QED) is 0.778. The summed E-state index contributed by atoms with van der Waals surface area (Å²) < 4.78 is 43.7. The average Bonchev–Trinajstić information content (AvgIpc) is 2.41. The second-order valence-corrected chi connectivity index (χ2v) is 7.51. The molecule has 1 N–H and O–H groups in total. The molecule has 0 aliphatic rings. The van der Waals surface area contributed by atoms with E-state index in [1.54, 1.807) is 40.7 Å². The number of rotatable bonds is 6. The van der Waals surface area contributed by atoms with E-state index in [4.69, 9.17) is 4.74 Å². The molecule has 0 bridgehead atoms. The van der Waals surface area contributed by atoms with E-state index in [2.05, 4.69) is 5.32 Å². The Morgan fingerprint density at radius 3 is 2.31 bits per heavy atom. The standard InChI is InChI=1S/C19H26F3NO3/c1-12-8-14(10-15(9-12)19(20,21)22)11-16(24)7-6-13(2)23-17(25)26-18(3,4)5/h8-10,13H,6-7,11H2,1-5H3,(H,23,25). The molecule has 0 aromatic heterocycles. The fourth-order valence-electron chi connectivity index (χ4n) is 2.40. The number of hydrogen-bond acceptors (Lipinski definition) is 3. The van der Waals surface area contributed by atoms with E-state index >= 15 is 0 Å². The maximum atomic E-state index is 12.8. The molecule has 0 aliphatic carbocycles. The van der Waals surface area contributed by atoms with Crippen molar-refractivity contribution in [2.45, 2.75) is 71.7 Å². The van der Waals surface area contributed by atoms with Crippen molar-refractivity contribution in [1.82, 2.24) is 5.32 Å². The molecule has 1 amide bonds. The van der Waals surface area contributed by atoms with Gasteiger partial charge >= 0.3 is 12.3 Å². The van der Waals surface area contributed by atoms with Crippen LogP contribution in [0.1, 0.15) is 57.2 Å². The topological polar surface area (TPSA) is 55.4 Å². The summed E-state index contributed by atoms with van der Waals surface area (Å²) in [5.41, 5.74) is -0.557. The predicted octanol–water partition coefficient (Wildman–Crippen LogP) is 4.82. The number of Topliss-reactive ketones (excluding diaryl/α,β-unsaturated/α-hetero) is 1. The third kappa shape index (κ3) is 8.36. The van der Waals surface area contributed by atoms with Crippen LogP contribution in [0, 0.1) is 6.92 Å². The molecule has 1 aromatic carbocycles. The number of hydrogen-bond donors (Lipinski definition) is 1. The van der Waals surface area contributed by atoms with Crippen molar-refractivity contribution in [1.29, 1.82) is 0 Å². The molecule has 0 radical (unpaired) electrons. The first kappa shape index (κ1) is 22.0. The molecule has 0 aliphatic heterocycles. The van der Waals surface area contributed by atoms with Gasteiger partial charge in [-0.25, -0.2) is 4.79 Å². The molecule has 1 atom stereocenters. The molecule has 4 nitrogen and oxygen atoms in total. The minimum atomic E-state index is -4.43. The predicted molar refractivity (Wildman–Crippen MR) is 93.0 cm³/mol. The van der Waals surface area contributed by atoms with Gasteiger partial charge in [-0.2, -0.15) is 13.2 Å². The fourth-order valence-corrected chi connectivity index (χ4v) is 2.40. The van der Waals surface area contributed by atoms with Gasteiger partial charge in [-0.3, -0.25) is 4.79 Å². The van der Waals surface area contributed by atoms with Gasteiger partial charge in [0.2, 0.25) is 0 Å². The zero-order chi connectivity index (χ0) is 20.1. The fraction of sp³-hybridized carbons (Fsp3) is 0.579. The summed E-state index contributed by atoms with van der Waals surface area (Å²) in [6.45, 7) is 8.55. The van der Waals surface area contributed by atoms with E-state index in [1.165, 1.54) is 0 Å². The second-order valence-electron chi connectivity index (χ2n) is 7.51. The summed E-state index contributed by atoms with van der Waals surface area (Å²) in [7, 11) is 0. The summed E-state index contributed by atoms with van der Waals surface area (Å²) in [5.74, 6) is -0.179. The van der Waals surface area contributed by atoms with Gasteiger partial charge in [0.1, 0.15) is 11.4 Å². The molecule has 26 heavy (non-hydrogen) atoms. The van der Waals surface area contributed by atoms with Gasteiger partial charge in [-0.05, 0) is 58.7 Å². The highest BCUT2D eigenvalue weighted by Crippen LogP contribution is 2.30. The molecule has 146 valence electrons. The van der Waals surface area contributed by atoms with Crippen molar-refractivity contribution in [3.8, 4) is 0 Å². The first-order chi connectivity index (χ1) is 11.8. The van der Waals surface area contributed by atoms with E-state index in [0.29, 0.717) is 17.5 Å². The third-order valence-corrected chi connectivity index (χ3v) is 3.49. The molecule has 0 spiro atoms. The van der Waals surface area contributed by atoms with Gasteiger partial charge < -0.3 is 10.1 Å². The first-order valence-electron chi connectivity index (χ1n) is 8.45. The Labute approximate surface area is 152 Å². The number of nitrogens with one attached hydrogen (secondary N) is 1. The van der Waals surface area contributed by atoms with Crippen LogP contribution in [0.5, 0.6) is 0 Å². The first-order valence-corrected chi connectivity index (χ1v) is 8.45. The van der Waals surface area contributed by atoms with Gasteiger partial charge in [0.15, 0.2) is 0 Å². The molecular formula is C19H26F3NO3. The minimum Gasteiger partial charge on any atom is -0.444 e. The molecular weight excluding hydrogens is 347 g/mol. The molecule has 0 fully saturated rings. The lowest BCUT2D eigenvalue weighted by molar-refractivity contribution is -0.137. The minimum absolute atomic E-state index is 0.0656. The number of amides is 1. The lowest BCUT2D eigenvalue weighted by Crippen LogP contribution is -2.37. The number of carbonyl (C=O) groups is 2. The van der Waals surface area contributed by atoms with Crippen LogP contribution in [0.3, 0.4) is 0 Å². The largest absolute Gasteiger partial charge is 0.444 e. The number of carbonyl (C=O) groups excluding carboxylic acids is 2. The maximum absolute atomic E-state index is 12.8. The molecule has 0 saturated carbocycles. The van der Waals surface area contributed by atoms with Crippen LogP contribution in [0.25, 0.3) is 0 Å². The van der Waals surface area contributed by atoms with Crippen molar-refractivity contribution in [3.05, 3.63) is 34.9 Å². The number of ether oxygens (including phenoxy) is 1. The van der Waals surface area contributed by atoms with Gasteiger partial charge in [-0.1, -0.05) is 11.6 Å². The van der Waals surface area contributed by atoms with Gasteiger partial charge in [0.05, 0.1) is 5.56 Å². The van der Waals surface area contributed by atoms with Crippen molar-refractivity contribution >= 4 is 11.9 Å². The van der Waals surface area contributed by atoms with Crippen LogP contribution in [-0.2, 0) is 22.1 Å². The molecule has 7 heteroatoms. The summed E-state index contributed by atoms with van der Waals surface area (Å²) in [5, 5.41) is 2.63. The number of ketones is 1. The zero-order valence-corrected chi connectivity index (χ0v) is 15.8. The normalized spacial score (nSPS) is 13.2. The van der Waals surface area contributed by atoms with E-state index < -0.39 is 23.4 Å². The third-order valence-electron chi connectivity index (χ3n) is 3.49. The van der Waals surface area contributed by atoms with Crippen LogP contribution in [-0.4, -0.2) is 23.5 Å². The molecule has 1 unspecified atom stereocenters. The van der Waals surface area contributed by atoms with Crippen molar-refractivity contribution in [2.75, 3.05) is 0 Å². The lowest BCUT2D eigenvalue weighted by atomic mass is 9.99. The summed E-state index contributed by atoms with van der Waals surface area (Å²) in [6.07, 6.45) is -4.52. The van der Waals surface area contributed by atoms with E-state index in [9.17, 15) is 22.8 Å². The monoisotopic (exact) mass is 373 g/mol. The van der Waals surface area contributed by atoms with Crippen LogP contribution in [0.4, 0.5) is 18.0 Å². The smallest absolute Gasteiger partial charge is 0.416 e. The van der Waals surface area contributed by atoms with E-state index in [1.807, 2.05) is 0 Å². The highest BCUT2D eigenvalue weighted by molar-refractivity contribution is 5.81. The molecule has 0 saturated heterocycles. The highest BCUT2D eigenvalue weighted by Gasteiger charge is 2.31. The SMILES string of the molecule is Cc1cc(CC(=O)CCC(C)NC(=O)OC(C)(C)C)cc(C(F)(F)F)c1. The Balaban J connectivity index is 2.55. The maximum Gasteiger partial charge on any atom is 0.416 e. The number of benzene rings is 1. The van der Waals surface area contributed by atoms with Gasteiger partial charge in [0, 0.05) is 18.9 Å². The second kappa shape index (κ2) is 8.56. The van der Waals surface area contributed by atoms with Crippen molar-refractivity contribution in [3.63, 3.8) is 0 Å². The van der Waals surface area contributed by atoms with Crippen molar-refractivity contribution in [2.24, 2.45) is 0 Å². The Morgan fingerprint density at radius 1 is 1.15 bits per heavy atom. The Morgan fingerprint density at radius 2 is 1.77 bits per heavy atom. The number of alkyl carbamates (subject to hydrolysis) is 1. The number of alkyl halides is 3. The summed E-state index contributed by atoms with van der Waals surface area (Å²) in [4.78, 5) is 23.7. The summed E-state index contributed by atoms with van der Waals surface area (Å²) >= 11 is 0. The number of halogens is 3. The van der Waals surface area contributed by atoms with Gasteiger partial charge in [-0.15, -0.1) is 0 Å². The Hall–Kier alpha value is -2.05. The zero-order valence-electron chi connectivity index (χ0n) is 15.8. The van der Waals surface area contributed by atoms with E-state index in [0.717, 1.165) is 12.1 Å². The van der Waals surface area contributed by atoms with Crippen LogP contribution in [0.15, 0.2) is 18.2 Å². The number of aryl methyl sites for hydroxylation is 1. The summed E-state index contributed by atoms with van der Waals surface area (Å²) in [6, 6.07) is 3.36. The Kier molecular flexibility index (Phi) is 7.24. The highest BCUT2D eigenvalue weighted by atomic mass is 19.4. The lowest BCUT2D eigenvalue weighted by Gasteiger charge is -2.21. The molecule has 0 heterocycles. The van der Waals surface area contributed by atoms with Crippen molar-refractivity contribution < 1.29 is 27.5 Å². The van der Waals surface area contributed by atoms with Crippen LogP contribution >= 0.6 is 0 Å².